The van der Waals surface area contributed by atoms with Crippen molar-refractivity contribution >= 4 is 40.4 Å². The van der Waals surface area contributed by atoms with E-state index in [0.29, 0.717) is 28.5 Å². The molecule has 0 aliphatic carbocycles. The van der Waals surface area contributed by atoms with Crippen LogP contribution >= 0.6 is 12.2 Å². The van der Waals surface area contributed by atoms with E-state index in [1.54, 1.807) is 31.2 Å². The Labute approximate surface area is 169 Å². The minimum absolute atomic E-state index is 0.259. The van der Waals surface area contributed by atoms with Crippen LogP contribution in [0.3, 0.4) is 0 Å². The Kier molecular flexibility index (Phi) is 7.11. The van der Waals surface area contributed by atoms with E-state index >= 15 is 0 Å². The number of thiocarbonyl (C=S) groups is 1. The number of amides is 2. The average molecular weight is 398 g/mol. The number of benzene rings is 2. The molecular formula is C20H23N5O2S. The van der Waals surface area contributed by atoms with Gasteiger partial charge < -0.3 is 27.8 Å². The van der Waals surface area contributed by atoms with Crippen molar-refractivity contribution in [3.63, 3.8) is 0 Å². The molecule has 2 aromatic carbocycles. The summed E-state index contributed by atoms with van der Waals surface area (Å²) in [7, 11) is 0. The second-order valence-electron chi connectivity index (χ2n) is 6.29. The highest BCUT2D eigenvalue weighted by molar-refractivity contribution is 7.81. The fourth-order valence-corrected chi connectivity index (χ4v) is 2.90. The number of nitrogens with two attached hydrogens (primary N) is 3. The van der Waals surface area contributed by atoms with Gasteiger partial charge in [-0.3, -0.25) is 9.59 Å². The standard InChI is InChI=1S/C20H23N5O2S/c1-12(21)9-18(28)25-16-11-14(7-8-15(16)19(22)26)24-17(20(23)27)10-13-5-3-2-4-6-13/h2-9,11,17,24H,10,21H2,1H3,(H2,22,26)(H2,23,27)(H,25,28)/t17-/m1/s1. The molecule has 0 aliphatic heterocycles. The smallest absolute Gasteiger partial charge is 0.250 e. The highest BCUT2D eigenvalue weighted by atomic mass is 32.1. The summed E-state index contributed by atoms with van der Waals surface area (Å²) in [5, 5.41) is 6.03. The summed E-state index contributed by atoms with van der Waals surface area (Å²) in [5.74, 6) is -1.10. The van der Waals surface area contributed by atoms with Crippen LogP contribution in [-0.4, -0.2) is 22.8 Å². The normalized spacial score (nSPS) is 12.1. The van der Waals surface area contributed by atoms with Crippen LogP contribution in [-0.2, 0) is 11.2 Å². The molecule has 0 radical (unpaired) electrons. The van der Waals surface area contributed by atoms with Crippen molar-refractivity contribution in [1.82, 2.24) is 0 Å². The van der Waals surface area contributed by atoms with E-state index in [1.165, 1.54) is 0 Å². The lowest BCUT2D eigenvalue weighted by Crippen LogP contribution is -2.37. The number of hydrogen-bond donors (Lipinski definition) is 5. The van der Waals surface area contributed by atoms with Gasteiger partial charge >= 0.3 is 0 Å². The predicted octanol–water partition coefficient (Wildman–Crippen LogP) is 1.90. The first-order chi connectivity index (χ1) is 13.3. The van der Waals surface area contributed by atoms with Crippen molar-refractivity contribution < 1.29 is 9.59 Å². The monoisotopic (exact) mass is 397 g/mol. The van der Waals surface area contributed by atoms with E-state index in [2.05, 4.69) is 10.6 Å². The summed E-state index contributed by atoms with van der Waals surface area (Å²) >= 11 is 5.20. The van der Waals surface area contributed by atoms with Crippen LogP contribution in [0.5, 0.6) is 0 Å². The summed E-state index contributed by atoms with van der Waals surface area (Å²) in [6, 6.07) is 13.7. The van der Waals surface area contributed by atoms with Crippen molar-refractivity contribution in [2.24, 2.45) is 17.2 Å². The molecule has 2 rings (SSSR count). The second-order valence-corrected chi connectivity index (χ2v) is 6.73. The highest BCUT2D eigenvalue weighted by Crippen LogP contribution is 2.22. The molecule has 0 fully saturated rings. The summed E-state index contributed by atoms with van der Waals surface area (Å²) in [6.45, 7) is 1.70. The molecule has 7 nitrogen and oxygen atoms in total. The van der Waals surface area contributed by atoms with Crippen LogP contribution in [0, 0.1) is 0 Å². The zero-order chi connectivity index (χ0) is 20.7. The third kappa shape index (κ3) is 6.10. The number of primary amides is 2. The minimum Gasteiger partial charge on any atom is -0.402 e. The molecule has 1 atom stereocenters. The molecule has 146 valence electrons. The van der Waals surface area contributed by atoms with Gasteiger partial charge in [-0.15, -0.1) is 0 Å². The van der Waals surface area contributed by atoms with Crippen LogP contribution in [0.25, 0.3) is 0 Å². The van der Waals surface area contributed by atoms with E-state index in [9.17, 15) is 9.59 Å². The molecule has 0 spiro atoms. The molecule has 8 N–H and O–H groups in total. The number of anilines is 2. The first kappa shape index (κ1) is 20.9. The lowest BCUT2D eigenvalue weighted by atomic mass is 10.0. The zero-order valence-electron chi connectivity index (χ0n) is 15.4. The molecule has 0 heterocycles. The van der Waals surface area contributed by atoms with Crippen molar-refractivity contribution in [1.29, 1.82) is 0 Å². The van der Waals surface area contributed by atoms with Gasteiger partial charge in [-0.25, -0.2) is 0 Å². The molecule has 0 saturated heterocycles. The lowest BCUT2D eigenvalue weighted by molar-refractivity contribution is -0.118. The number of carbonyl (C=O) groups excluding carboxylic acids is 2. The second kappa shape index (κ2) is 9.52. The Morgan fingerprint density at radius 2 is 1.79 bits per heavy atom. The van der Waals surface area contributed by atoms with Crippen molar-refractivity contribution in [3.8, 4) is 0 Å². The van der Waals surface area contributed by atoms with E-state index < -0.39 is 17.9 Å². The predicted molar refractivity (Wildman–Crippen MR) is 116 cm³/mol. The summed E-state index contributed by atoms with van der Waals surface area (Å²) in [5.41, 5.74) is 19.3. The molecule has 28 heavy (non-hydrogen) atoms. The molecule has 0 aliphatic rings. The average Bonchev–Trinajstić information content (AvgIpc) is 2.61. The number of carbonyl (C=O) groups is 2. The summed E-state index contributed by atoms with van der Waals surface area (Å²) < 4.78 is 0. The molecular weight excluding hydrogens is 374 g/mol. The highest BCUT2D eigenvalue weighted by Gasteiger charge is 2.17. The Morgan fingerprint density at radius 3 is 2.36 bits per heavy atom. The topological polar surface area (TPSA) is 136 Å². The third-order valence-electron chi connectivity index (χ3n) is 3.87. The largest absolute Gasteiger partial charge is 0.402 e. The van der Waals surface area contributed by atoms with Crippen LogP contribution < -0.4 is 27.8 Å². The van der Waals surface area contributed by atoms with E-state index in [0.717, 1.165) is 5.56 Å². The van der Waals surface area contributed by atoms with Gasteiger partial charge in [0.05, 0.1) is 11.3 Å². The maximum absolute atomic E-state index is 11.9. The van der Waals surface area contributed by atoms with Crippen molar-refractivity contribution in [2.75, 3.05) is 10.6 Å². The van der Waals surface area contributed by atoms with Crippen molar-refractivity contribution in [3.05, 3.63) is 71.4 Å². The molecule has 0 unspecified atom stereocenters. The van der Waals surface area contributed by atoms with Gasteiger partial charge in [-0.2, -0.15) is 0 Å². The first-order valence-corrected chi connectivity index (χ1v) is 8.95. The van der Waals surface area contributed by atoms with Crippen LogP contribution in [0.4, 0.5) is 11.4 Å². The lowest BCUT2D eigenvalue weighted by Gasteiger charge is -2.18. The maximum Gasteiger partial charge on any atom is 0.250 e. The van der Waals surface area contributed by atoms with E-state index in [-0.39, 0.29) is 5.56 Å². The number of hydrogen-bond acceptors (Lipinski definition) is 5. The molecule has 0 saturated carbocycles. The Hall–Kier alpha value is -3.39. The first-order valence-electron chi connectivity index (χ1n) is 8.54. The minimum atomic E-state index is -0.632. The number of rotatable bonds is 8. The molecule has 0 aromatic heterocycles. The summed E-state index contributed by atoms with van der Waals surface area (Å²) in [6.07, 6.45) is 1.98. The molecule has 0 bridgehead atoms. The number of allylic oxidation sites excluding steroid dienone is 1. The zero-order valence-corrected chi connectivity index (χ0v) is 16.3. The van der Waals surface area contributed by atoms with Crippen LogP contribution in [0.15, 0.2) is 60.3 Å². The van der Waals surface area contributed by atoms with E-state index in [1.807, 2.05) is 30.3 Å². The third-order valence-corrected chi connectivity index (χ3v) is 4.09. The Morgan fingerprint density at radius 1 is 1.11 bits per heavy atom. The van der Waals surface area contributed by atoms with Gasteiger partial charge in [0.2, 0.25) is 5.91 Å². The quantitative estimate of drug-likeness (QED) is 0.341. The Bertz CT molecular complexity index is 908. The summed E-state index contributed by atoms with van der Waals surface area (Å²) in [4.78, 5) is 23.9. The van der Waals surface area contributed by atoms with Gasteiger partial charge in [0.1, 0.15) is 11.0 Å². The maximum atomic E-state index is 11.9. The SMILES string of the molecule is CC(N)=CC(=S)Nc1cc(N[C@H](Cc2ccccc2)C(N)=O)ccc1C(N)=O. The van der Waals surface area contributed by atoms with Gasteiger partial charge in [-0.1, -0.05) is 42.5 Å². The van der Waals surface area contributed by atoms with Gasteiger partial charge in [-0.05, 0) is 36.8 Å². The van der Waals surface area contributed by atoms with Crippen LogP contribution in [0.2, 0.25) is 0 Å². The van der Waals surface area contributed by atoms with Gasteiger partial charge in [0, 0.05) is 17.8 Å². The van der Waals surface area contributed by atoms with Crippen molar-refractivity contribution in [2.45, 2.75) is 19.4 Å². The fraction of sp³-hybridized carbons (Fsp3) is 0.150. The van der Waals surface area contributed by atoms with Gasteiger partial charge in [0.15, 0.2) is 0 Å². The van der Waals surface area contributed by atoms with E-state index in [4.69, 9.17) is 29.4 Å². The fourth-order valence-electron chi connectivity index (χ4n) is 2.60. The molecule has 8 heteroatoms. The molecule has 2 amide bonds. The molecule has 2 aromatic rings. The van der Waals surface area contributed by atoms with Gasteiger partial charge in [0.25, 0.3) is 5.91 Å². The number of nitrogens with one attached hydrogen (secondary N) is 2. The van der Waals surface area contributed by atoms with Crippen LogP contribution in [0.1, 0.15) is 22.8 Å². The Balaban J connectivity index is 2.27.